The second-order valence-electron chi connectivity index (χ2n) is 10.00. The lowest BCUT2D eigenvalue weighted by Crippen LogP contribution is -2.52. The number of carbonyl (C=O) groups excluding carboxylic acids is 3. The van der Waals surface area contributed by atoms with E-state index in [1.807, 2.05) is 13.0 Å². The second-order valence-corrected chi connectivity index (χ2v) is 10.00. The molecule has 0 bridgehead atoms. The summed E-state index contributed by atoms with van der Waals surface area (Å²) in [5.41, 5.74) is 2.05. The number of esters is 1. The first-order valence-electron chi connectivity index (χ1n) is 10.7. The van der Waals surface area contributed by atoms with Crippen LogP contribution in [-0.4, -0.2) is 23.6 Å². The summed E-state index contributed by atoms with van der Waals surface area (Å²) in [7, 11) is 0. The normalized spacial score (nSPS) is 43.3. The van der Waals surface area contributed by atoms with E-state index in [0.717, 1.165) is 25.7 Å². The molecule has 0 aromatic carbocycles. The molecule has 3 saturated carbocycles. The van der Waals surface area contributed by atoms with Crippen LogP contribution in [0.2, 0.25) is 0 Å². The van der Waals surface area contributed by atoms with Crippen molar-refractivity contribution in [3.05, 3.63) is 23.3 Å². The molecule has 4 nitrogen and oxygen atoms in total. The van der Waals surface area contributed by atoms with Crippen molar-refractivity contribution < 1.29 is 19.1 Å². The standard InChI is InChI=1S/C24H32O4/c1-13-10-17(26)11-16-6-7-18-20(24(13,16)5)8-9-23(4)21(27)12-19(22(18)23)14(2)28-15(3)25/h10-11,14,18-20,22H,6-9,12H2,1-5H3/t14-,18+,19+,20-,22+,23+,24-/m0/s1. The highest BCUT2D eigenvalue weighted by Gasteiger charge is 2.63. The molecule has 0 N–H and O–H groups in total. The lowest BCUT2D eigenvalue weighted by molar-refractivity contribution is -0.151. The maximum atomic E-state index is 13.1. The molecule has 0 amide bonds. The molecule has 4 aliphatic carbocycles. The number of ether oxygens (including phenoxy) is 1. The van der Waals surface area contributed by atoms with E-state index in [2.05, 4.69) is 20.8 Å². The van der Waals surface area contributed by atoms with Gasteiger partial charge >= 0.3 is 5.97 Å². The van der Waals surface area contributed by atoms with Crippen molar-refractivity contribution in [1.82, 2.24) is 0 Å². The van der Waals surface area contributed by atoms with Gasteiger partial charge in [-0.15, -0.1) is 0 Å². The molecule has 4 aliphatic rings. The van der Waals surface area contributed by atoms with Crippen LogP contribution >= 0.6 is 0 Å². The number of Topliss-reactive ketones (excluding diaryl/α,β-unsaturated/α-hetero) is 1. The quantitative estimate of drug-likeness (QED) is 0.661. The number of hydrogen-bond donors (Lipinski definition) is 0. The van der Waals surface area contributed by atoms with Crippen LogP contribution in [0.25, 0.3) is 0 Å². The number of fused-ring (bicyclic) bond motifs is 5. The second kappa shape index (κ2) is 6.40. The van der Waals surface area contributed by atoms with Gasteiger partial charge in [-0.05, 0) is 69.4 Å². The number of rotatable bonds is 2. The average Bonchev–Trinajstić information content (AvgIpc) is 2.87. The number of ketones is 2. The molecule has 0 aromatic rings. The maximum Gasteiger partial charge on any atom is 0.302 e. The molecular formula is C24H32O4. The number of hydrogen-bond acceptors (Lipinski definition) is 4. The van der Waals surface area contributed by atoms with Gasteiger partial charge in [0.2, 0.25) is 0 Å². The molecule has 0 heterocycles. The van der Waals surface area contributed by atoms with Gasteiger partial charge in [-0.1, -0.05) is 25.0 Å². The van der Waals surface area contributed by atoms with Gasteiger partial charge in [0.1, 0.15) is 11.9 Å². The summed E-state index contributed by atoms with van der Waals surface area (Å²) in [6.45, 7) is 9.95. The molecule has 0 unspecified atom stereocenters. The third-order valence-corrected chi connectivity index (χ3v) is 8.81. The van der Waals surface area contributed by atoms with Crippen molar-refractivity contribution >= 4 is 17.5 Å². The molecule has 0 aromatic heterocycles. The highest BCUT2D eigenvalue weighted by atomic mass is 16.5. The molecule has 152 valence electrons. The fourth-order valence-electron chi connectivity index (χ4n) is 7.32. The van der Waals surface area contributed by atoms with Crippen LogP contribution < -0.4 is 0 Å². The Kier molecular flexibility index (Phi) is 4.48. The largest absolute Gasteiger partial charge is 0.463 e. The highest BCUT2D eigenvalue weighted by Crippen LogP contribution is 2.66. The summed E-state index contributed by atoms with van der Waals surface area (Å²) in [4.78, 5) is 36.7. The topological polar surface area (TPSA) is 60.4 Å². The molecule has 0 spiro atoms. The van der Waals surface area contributed by atoms with E-state index in [9.17, 15) is 14.4 Å². The minimum atomic E-state index is -0.306. The first-order valence-corrected chi connectivity index (χ1v) is 10.7. The Morgan fingerprint density at radius 2 is 1.93 bits per heavy atom. The number of allylic oxidation sites excluding steroid dienone is 4. The molecule has 3 fully saturated rings. The Morgan fingerprint density at radius 3 is 2.61 bits per heavy atom. The smallest absolute Gasteiger partial charge is 0.302 e. The van der Waals surface area contributed by atoms with E-state index in [1.54, 1.807) is 6.08 Å². The highest BCUT2D eigenvalue weighted by molar-refractivity contribution is 6.02. The third-order valence-electron chi connectivity index (χ3n) is 8.81. The minimum Gasteiger partial charge on any atom is -0.463 e. The SMILES string of the molecule is CC(=O)O[C@@H](C)[C@H]1CC(=O)[C@@]2(C)CC[C@H]3[C@@H](CCC4=CC(=O)C=C(C)[C@@]43C)[C@H]12. The predicted molar refractivity (Wildman–Crippen MR) is 106 cm³/mol. The zero-order valence-corrected chi connectivity index (χ0v) is 17.7. The fraction of sp³-hybridized carbons (Fsp3) is 0.708. The first kappa shape index (κ1) is 19.6. The van der Waals surface area contributed by atoms with Crippen molar-refractivity contribution in [1.29, 1.82) is 0 Å². The summed E-state index contributed by atoms with van der Waals surface area (Å²) >= 11 is 0. The van der Waals surface area contributed by atoms with E-state index in [-0.39, 0.29) is 40.5 Å². The molecule has 7 atom stereocenters. The van der Waals surface area contributed by atoms with Gasteiger partial charge in [0.05, 0.1) is 0 Å². The van der Waals surface area contributed by atoms with Crippen molar-refractivity contribution in [2.45, 2.75) is 72.8 Å². The van der Waals surface area contributed by atoms with Crippen LogP contribution in [0.1, 0.15) is 66.7 Å². The van der Waals surface area contributed by atoms with E-state index >= 15 is 0 Å². The van der Waals surface area contributed by atoms with Crippen molar-refractivity contribution in [2.24, 2.45) is 34.5 Å². The van der Waals surface area contributed by atoms with Gasteiger partial charge in [-0.3, -0.25) is 14.4 Å². The van der Waals surface area contributed by atoms with Crippen molar-refractivity contribution in [3.8, 4) is 0 Å². The van der Waals surface area contributed by atoms with Crippen LogP contribution in [0.15, 0.2) is 23.3 Å². The van der Waals surface area contributed by atoms with Gasteiger partial charge in [-0.25, -0.2) is 0 Å². The molecule has 4 heteroatoms. The van der Waals surface area contributed by atoms with E-state index in [0.29, 0.717) is 24.0 Å². The maximum absolute atomic E-state index is 13.1. The lowest BCUT2D eigenvalue weighted by atomic mass is 9.46. The molecular weight excluding hydrogens is 352 g/mol. The first-order chi connectivity index (χ1) is 13.1. The van der Waals surface area contributed by atoms with Crippen LogP contribution in [0.3, 0.4) is 0 Å². The van der Waals surface area contributed by atoms with E-state index in [1.165, 1.54) is 18.1 Å². The van der Waals surface area contributed by atoms with Crippen LogP contribution in [-0.2, 0) is 19.1 Å². The van der Waals surface area contributed by atoms with Gasteiger partial charge in [0, 0.05) is 30.1 Å². The predicted octanol–water partition coefficient (Wildman–Crippen LogP) is 4.43. The molecule has 4 rings (SSSR count). The lowest BCUT2D eigenvalue weighted by Gasteiger charge is -2.58. The van der Waals surface area contributed by atoms with Crippen LogP contribution in [0, 0.1) is 34.5 Å². The van der Waals surface area contributed by atoms with Crippen molar-refractivity contribution in [2.75, 3.05) is 0 Å². The average molecular weight is 385 g/mol. The summed E-state index contributed by atoms with van der Waals surface area (Å²) < 4.78 is 5.56. The summed E-state index contributed by atoms with van der Waals surface area (Å²) in [5.74, 6) is 1.39. The molecule has 0 radical (unpaired) electrons. The Hall–Kier alpha value is -1.71. The fourth-order valence-corrected chi connectivity index (χ4v) is 7.32. The molecule has 0 aliphatic heterocycles. The summed E-state index contributed by atoms with van der Waals surface area (Å²) in [6, 6.07) is 0. The van der Waals surface area contributed by atoms with Gasteiger partial charge in [0.25, 0.3) is 0 Å². The summed E-state index contributed by atoms with van der Waals surface area (Å²) in [5, 5.41) is 0. The van der Waals surface area contributed by atoms with Crippen molar-refractivity contribution in [3.63, 3.8) is 0 Å². The number of carbonyl (C=O) groups is 3. The summed E-state index contributed by atoms with van der Waals surface area (Å²) in [6.07, 6.45) is 7.80. The Balaban J connectivity index is 1.73. The Morgan fingerprint density at radius 1 is 1.21 bits per heavy atom. The van der Waals surface area contributed by atoms with Gasteiger partial charge in [-0.2, -0.15) is 0 Å². The zero-order chi connectivity index (χ0) is 20.4. The molecule has 28 heavy (non-hydrogen) atoms. The zero-order valence-electron chi connectivity index (χ0n) is 17.7. The van der Waals surface area contributed by atoms with Crippen LogP contribution in [0.4, 0.5) is 0 Å². The third kappa shape index (κ3) is 2.59. The molecule has 0 saturated heterocycles. The monoisotopic (exact) mass is 384 g/mol. The Bertz CT molecular complexity index is 805. The van der Waals surface area contributed by atoms with E-state index < -0.39 is 0 Å². The van der Waals surface area contributed by atoms with Gasteiger partial charge in [0.15, 0.2) is 5.78 Å². The minimum absolute atomic E-state index is 0.0843. The Labute approximate surface area is 167 Å². The van der Waals surface area contributed by atoms with E-state index in [4.69, 9.17) is 4.74 Å². The van der Waals surface area contributed by atoms with Crippen LogP contribution in [0.5, 0.6) is 0 Å². The van der Waals surface area contributed by atoms with Gasteiger partial charge < -0.3 is 4.74 Å².